The van der Waals surface area contributed by atoms with Crippen LogP contribution in [0.15, 0.2) is 29.2 Å². The third kappa shape index (κ3) is 4.76. The van der Waals surface area contributed by atoms with Crippen molar-refractivity contribution in [2.24, 2.45) is 0 Å². The highest BCUT2D eigenvalue weighted by Crippen LogP contribution is 2.15. The van der Waals surface area contributed by atoms with Crippen LogP contribution in [0.4, 0.5) is 0 Å². The monoisotopic (exact) mass is 339 g/mol. The fourth-order valence-corrected chi connectivity index (χ4v) is 3.54. The van der Waals surface area contributed by atoms with Gasteiger partial charge in [0.25, 0.3) is 5.91 Å². The van der Waals surface area contributed by atoms with Gasteiger partial charge in [-0.15, -0.1) is 0 Å². The summed E-state index contributed by atoms with van der Waals surface area (Å²) in [4.78, 5) is 14.7. The first-order valence-corrected chi connectivity index (χ1v) is 9.48. The Labute approximate surface area is 138 Å². The molecule has 1 saturated heterocycles. The Kier molecular flexibility index (Phi) is 6.15. The van der Waals surface area contributed by atoms with Gasteiger partial charge in [0.2, 0.25) is 10.0 Å². The molecule has 0 aliphatic carbocycles. The predicted molar refractivity (Wildman–Crippen MR) is 89.9 cm³/mol. The van der Waals surface area contributed by atoms with Gasteiger partial charge in [0.15, 0.2) is 0 Å². The largest absolute Gasteiger partial charge is 0.351 e. The summed E-state index contributed by atoms with van der Waals surface area (Å²) in [5, 5.41) is 2.89. The van der Waals surface area contributed by atoms with E-state index in [-0.39, 0.29) is 10.8 Å². The smallest absolute Gasteiger partial charge is 0.251 e. The van der Waals surface area contributed by atoms with Crippen molar-refractivity contribution in [1.29, 1.82) is 0 Å². The molecule has 0 spiro atoms. The molecule has 23 heavy (non-hydrogen) atoms. The molecule has 128 valence electrons. The topological polar surface area (TPSA) is 78.5 Å². The van der Waals surface area contributed by atoms with E-state index in [1.807, 2.05) is 0 Å². The van der Waals surface area contributed by atoms with Gasteiger partial charge in [-0.2, -0.15) is 0 Å². The van der Waals surface area contributed by atoms with Gasteiger partial charge in [-0.05, 0) is 57.6 Å². The van der Waals surface area contributed by atoms with Crippen molar-refractivity contribution < 1.29 is 13.2 Å². The summed E-state index contributed by atoms with van der Waals surface area (Å²) in [7, 11) is -2.11. The lowest BCUT2D eigenvalue weighted by molar-refractivity contribution is 0.0938. The van der Waals surface area contributed by atoms with E-state index in [4.69, 9.17) is 0 Å². The number of amides is 1. The molecule has 1 aliphatic heterocycles. The Morgan fingerprint density at radius 3 is 2.57 bits per heavy atom. The molecule has 0 bridgehead atoms. The second-order valence-electron chi connectivity index (χ2n) is 5.87. The van der Waals surface area contributed by atoms with Gasteiger partial charge in [-0.1, -0.05) is 6.42 Å². The first kappa shape index (κ1) is 17.9. The number of rotatable bonds is 6. The van der Waals surface area contributed by atoms with E-state index in [1.165, 1.54) is 50.6 Å². The van der Waals surface area contributed by atoms with Crippen LogP contribution in [0, 0.1) is 0 Å². The molecule has 1 heterocycles. The zero-order valence-electron chi connectivity index (χ0n) is 13.7. The molecule has 0 saturated carbocycles. The van der Waals surface area contributed by atoms with Crippen molar-refractivity contribution >= 4 is 15.9 Å². The van der Waals surface area contributed by atoms with E-state index in [2.05, 4.69) is 21.9 Å². The van der Waals surface area contributed by atoms with Crippen molar-refractivity contribution in [2.45, 2.75) is 37.1 Å². The van der Waals surface area contributed by atoms with Gasteiger partial charge in [0.1, 0.15) is 0 Å². The lowest BCUT2D eigenvalue weighted by atomic mass is 10.0. The molecule has 1 unspecified atom stereocenters. The van der Waals surface area contributed by atoms with Crippen LogP contribution >= 0.6 is 0 Å². The third-order valence-corrected chi connectivity index (χ3v) is 5.75. The molecule has 6 nitrogen and oxygen atoms in total. The lowest BCUT2D eigenvalue weighted by Gasteiger charge is -2.33. The number of hydrogen-bond acceptors (Lipinski definition) is 4. The van der Waals surface area contributed by atoms with E-state index in [0.29, 0.717) is 18.2 Å². The van der Waals surface area contributed by atoms with Crippen LogP contribution in [0.5, 0.6) is 0 Å². The molecule has 2 rings (SSSR count). The van der Waals surface area contributed by atoms with Crippen LogP contribution < -0.4 is 10.0 Å². The predicted octanol–water partition coefficient (Wildman–Crippen LogP) is 1.20. The van der Waals surface area contributed by atoms with Crippen LogP contribution in [0.3, 0.4) is 0 Å². The van der Waals surface area contributed by atoms with Gasteiger partial charge in [-0.3, -0.25) is 9.69 Å². The SMILES string of the molecule is CNS(=O)(=O)c1ccc(C(=O)NCCN2CCCCC2C)cc1. The maximum atomic E-state index is 12.1. The number of nitrogens with zero attached hydrogens (tertiary/aromatic N) is 1. The minimum atomic E-state index is -3.47. The number of carbonyl (C=O) groups excluding carboxylic acids is 1. The number of hydrogen-bond donors (Lipinski definition) is 2. The van der Waals surface area contributed by atoms with Crippen LogP contribution in [0.25, 0.3) is 0 Å². The molecule has 1 atom stereocenters. The first-order valence-electron chi connectivity index (χ1n) is 8.00. The average molecular weight is 339 g/mol. The molecule has 1 aliphatic rings. The van der Waals surface area contributed by atoms with Gasteiger partial charge in [0, 0.05) is 24.7 Å². The molecule has 1 aromatic carbocycles. The van der Waals surface area contributed by atoms with E-state index in [9.17, 15) is 13.2 Å². The van der Waals surface area contributed by atoms with Gasteiger partial charge < -0.3 is 5.32 Å². The summed E-state index contributed by atoms with van der Waals surface area (Å²) < 4.78 is 25.5. The Bertz CT molecular complexity index is 628. The lowest BCUT2D eigenvalue weighted by Crippen LogP contribution is -2.42. The normalized spacial score (nSPS) is 19.5. The van der Waals surface area contributed by atoms with Crippen molar-refractivity contribution in [3.05, 3.63) is 29.8 Å². The minimum Gasteiger partial charge on any atom is -0.351 e. The second kappa shape index (κ2) is 7.90. The molecule has 1 fully saturated rings. The summed E-state index contributed by atoms with van der Waals surface area (Å²) >= 11 is 0. The van der Waals surface area contributed by atoms with Crippen molar-refractivity contribution in [3.8, 4) is 0 Å². The summed E-state index contributed by atoms with van der Waals surface area (Å²) in [6.45, 7) is 4.76. The average Bonchev–Trinajstić information content (AvgIpc) is 2.56. The highest BCUT2D eigenvalue weighted by Gasteiger charge is 2.18. The molecule has 0 aromatic heterocycles. The highest BCUT2D eigenvalue weighted by molar-refractivity contribution is 7.89. The summed E-state index contributed by atoms with van der Waals surface area (Å²) in [5.74, 6) is -0.178. The van der Waals surface area contributed by atoms with Crippen LogP contribution in [-0.2, 0) is 10.0 Å². The zero-order chi connectivity index (χ0) is 16.9. The quantitative estimate of drug-likeness (QED) is 0.816. The van der Waals surface area contributed by atoms with Gasteiger partial charge in [-0.25, -0.2) is 13.1 Å². The minimum absolute atomic E-state index is 0.152. The number of piperidine rings is 1. The van der Waals surface area contributed by atoms with Gasteiger partial charge in [0.05, 0.1) is 4.90 Å². The van der Waals surface area contributed by atoms with Crippen molar-refractivity contribution in [1.82, 2.24) is 14.9 Å². The maximum absolute atomic E-state index is 12.1. The van der Waals surface area contributed by atoms with Crippen LogP contribution in [0.1, 0.15) is 36.5 Å². The van der Waals surface area contributed by atoms with E-state index < -0.39 is 10.0 Å². The Balaban J connectivity index is 1.86. The molecule has 2 N–H and O–H groups in total. The fourth-order valence-electron chi connectivity index (χ4n) is 2.81. The number of likely N-dealkylation sites (tertiary alicyclic amines) is 1. The maximum Gasteiger partial charge on any atom is 0.251 e. The van der Waals surface area contributed by atoms with E-state index in [0.717, 1.165) is 13.1 Å². The van der Waals surface area contributed by atoms with Crippen molar-refractivity contribution in [3.63, 3.8) is 0 Å². The number of sulfonamides is 1. The van der Waals surface area contributed by atoms with Crippen LogP contribution in [-0.4, -0.2) is 51.9 Å². The second-order valence-corrected chi connectivity index (χ2v) is 7.76. The summed E-state index contributed by atoms with van der Waals surface area (Å²) in [5.41, 5.74) is 0.465. The number of nitrogens with one attached hydrogen (secondary N) is 2. The zero-order valence-corrected chi connectivity index (χ0v) is 14.5. The summed E-state index contributed by atoms with van der Waals surface area (Å²) in [6, 6.07) is 6.51. The van der Waals surface area contributed by atoms with Gasteiger partial charge >= 0.3 is 0 Å². The first-order chi connectivity index (χ1) is 10.9. The molecular formula is C16H25N3O3S. The number of benzene rings is 1. The molecular weight excluding hydrogens is 314 g/mol. The molecule has 1 aromatic rings. The fraction of sp³-hybridized carbons (Fsp3) is 0.562. The Morgan fingerprint density at radius 2 is 1.96 bits per heavy atom. The Morgan fingerprint density at radius 1 is 1.26 bits per heavy atom. The highest BCUT2D eigenvalue weighted by atomic mass is 32.2. The molecule has 7 heteroatoms. The van der Waals surface area contributed by atoms with E-state index in [1.54, 1.807) is 0 Å². The summed E-state index contributed by atoms with van der Waals surface area (Å²) in [6.07, 6.45) is 3.72. The standard InChI is InChI=1S/C16H25N3O3S/c1-13-5-3-4-11-19(13)12-10-18-16(20)14-6-8-15(9-7-14)23(21,22)17-2/h6-9,13,17H,3-5,10-12H2,1-2H3,(H,18,20). The molecule has 1 amide bonds. The van der Waals surface area contributed by atoms with E-state index >= 15 is 0 Å². The molecule has 0 radical (unpaired) electrons. The number of carbonyl (C=O) groups is 1. The third-order valence-electron chi connectivity index (χ3n) is 4.32. The Hall–Kier alpha value is -1.44. The van der Waals surface area contributed by atoms with Crippen molar-refractivity contribution in [2.75, 3.05) is 26.7 Å². The van der Waals surface area contributed by atoms with Crippen LogP contribution in [0.2, 0.25) is 0 Å².